The van der Waals surface area contributed by atoms with E-state index in [1.54, 1.807) is 0 Å². The summed E-state index contributed by atoms with van der Waals surface area (Å²) in [5, 5.41) is 3.66. The Morgan fingerprint density at radius 2 is 2.00 bits per heavy atom. The first-order valence-electron chi connectivity index (χ1n) is 5.78. The fourth-order valence-electron chi connectivity index (χ4n) is 3.29. The molecule has 1 N–H and O–H groups in total. The molecule has 1 saturated carbocycles. The first-order chi connectivity index (χ1) is 6.03. The number of hydrogen-bond donors (Lipinski definition) is 1. The van der Waals surface area contributed by atoms with Crippen LogP contribution in [-0.2, 0) is 0 Å². The van der Waals surface area contributed by atoms with Gasteiger partial charge in [0.05, 0.1) is 0 Å². The van der Waals surface area contributed by atoms with E-state index in [9.17, 15) is 0 Å². The van der Waals surface area contributed by atoms with Crippen LogP contribution in [0.5, 0.6) is 0 Å². The van der Waals surface area contributed by atoms with Gasteiger partial charge in [0, 0.05) is 17.5 Å². The van der Waals surface area contributed by atoms with Crippen LogP contribution < -0.4 is 5.32 Å². The summed E-state index contributed by atoms with van der Waals surface area (Å²) in [6, 6.07) is 0. The zero-order valence-electron chi connectivity index (χ0n) is 9.48. The van der Waals surface area contributed by atoms with Crippen molar-refractivity contribution in [1.82, 2.24) is 5.32 Å². The van der Waals surface area contributed by atoms with Crippen LogP contribution in [0.15, 0.2) is 0 Å². The topological polar surface area (TPSA) is 12.0 Å². The Kier molecular flexibility index (Phi) is 1.99. The van der Waals surface area contributed by atoms with Gasteiger partial charge < -0.3 is 5.32 Å². The van der Waals surface area contributed by atoms with Crippen molar-refractivity contribution in [1.29, 1.82) is 0 Å². The SMILES string of the molecule is CCC[C@@]1(C)NC[C@@]1(C)C1CC1C. The molecule has 76 valence electrons. The van der Waals surface area contributed by atoms with E-state index in [-0.39, 0.29) is 0 Å². The second kappa shape index (κ2) is 2.73. The molecule has 13 heavy (non-hydrogen) atoms. The molecule has 0 radical (unpaired) electrons. The number of nitrogens with one attached hydrogen (secondary N) is 1. The Balaban J connectivity index is 2.06. The first kappa shape index (κ1) is 9.51. The van der Waals surface area contributed by atoms with Crippen LogP contribution in [0.3, 0.4) is 0 Å². The van der Waals surface area contributed by atoms with Gasteiger partial charge in [-0.1, -0.05) is 27.2 Å². The minimum absolute atomic E-state index is 0.442. The maximum Gasteiger partial charge on any atom is 0.0221 e. The molecule has 0 aromatic heterocycles. The van der Waals surface area contributed by atoms with Gasteiger partial charge in [-0.05, 0) is 31.6 Å². The van der Waals surface area contributed by atoms with Crippen LogP contribution in [0.2, 0.25) is 0 Å². The molecule has 1 aliphatic carbocycles. The molecule has 0 aromatic carbocycles. The Hall–Kier alpha value is -0.0400. The molecular weight excluding hydrogens is 158 g/mol. The second-order valence-electron chi connectivity index (χ2n) is 5.67. The van der Waals surface area contributed by atoms with Crippen molar-refractivity contribution in [3.8, 4) is 0 Å². The minimum Gasteiger partial charge on any atom is -0.310 e. The third-order valence-corrected chi connectivity index (χ3v) is 4.78. The van der Waals surface area contributed by atoms with Crippen molar-refractivity contribution in [2.24, 2.45) is 17.3 Å². The fraction of sp³-hybridized carbons (Fsp3) is 1.00. The van der Waals surface area contributed by atoms with Crippen molar-refractivity contribution in [3.05, 3.63) is 0 Å². The van der Waals surface area contributed by atoms with E-state index in [1.165, 1.54) is 25.8 Å². The van der Waals surface area contributed by atoms with E-state index in [0.29, 0.717) is 11.0 Å². The zero-order valence-corrected chi connectivity index (χ0v) is 9.48. The standard InChI is InChI=1S/C12H23N/c1-5-6-12(4)11(3,8-13-12)10-7-9(10)2/h9-10,13H,5-8H2,1-4H3/t9?,10?,11-,12+/m0/s1. The summed E-state index contributed by atoms with van der Waals surface area (Å²) in [5.74, 6) is 1.99. The lowest BCUT2D eigenvalue weighted by atomic mass is 9.60. The second-order valence-corrected chi connectivity index (χ2v) is 5.67. The highest BCUT2D eigenvalue weighted by Crippen LogP contribution is 2.59. The lowest BCUT2D eigenvalue weighted by Gasteiger charge is -2.58. The van der Waals surface area contributed by atoms with Crippen LogP contribution in [0.25, 0.3) is 0 Å². The molecule has 0 amide bonds. The normalized spacial score (nSPS) is 54.5. The fourth-order valence-corrected chi connectivity index (χ4v) is 3.29. The highest BCUT2D eigenvalue weighted by Gasteiger charge is 2.61. The average molecular weight is 181 g/mol. The molecule has 1 aliphatic heterocycles. The Morgan fingerprint density at radius 1 is 1.38 bits per heavy atom. The number of rotatable bonds is 3. The van der Waals surface area contributed by atoms with Gasteiger partial charge in [0.1, 0.15) is 0 Å². The molecule has 1 heteroatoms. The lowest BCUT2D eigenvalue weighted by molar-refractivity contribution is -0.0193. The average Bonchev–Trinajstić information content (AvgIpc) is 2.80. The molecule has 2 unspecified atom stereocenters. The van der Waals surface area contributed by atoms with E-state index in [0.717, 1.165) is 11.8 Å². The Bertz CT molecular complexity index is 213. The van der Waals surface area contributed by atoms with E-state index < -0.39 is 0 Å². The lowest BCUT2D eigenvalue weighted by Crippen LogP contribution is -2.71. The summed E-state index contributed by atoms with van der Waals surface area (Å²) in [4.78, 5) is 0. The van der Waals surface area contributed by atoms with Gasteiger partial charge in [-0.15, -0.1) is 0 Å². The predicted molar refractivity (Wildman–Crippen MR) is 56.7 cm³/mol. The van der Waals surface area contributed by atoms with Crippen molar-refractivity contribution in [2.75, 3.05) is 6.54 Å². The van der Waals surface area contributed by atoms with Crippen LogP contribution in [0, 0.1) is 17.3 Å². The van der Waals surface area contributed by atoms with Crippen LogP contribution in [0.4, 0.5) is 0 Å². The number of hydrogen-bond acceptors (Lipinski definition) is 1. The summed E-state index contributed by atoms with van der Waals surface area (Å²) in [6.07, 6.45) is 4.12. The third-order valence-electron chi connectivity index (χ3n) is 4.78. The van der Waals surface area contributed by atoms with Crippen LogP contribution in [0.1, 0.15) is 47.0 Å². The van der Waals surface area contributed by atoms with Crippen LogP contribution >= 0.6 is 0 Å². The summed E-state index contributed by atoms with van der Waals surface area (Å²) in [5.41, 5.74) is 1.04. The van der Waals surface area contributed by atoms with Gasteiger partial charge in [0.2, 0.25) is 0 Å². The van der Waals surface area contributed by atoms with E-state index in [4.69, 9.17) is 0 Å². The molecular formula is C12H23N. The van der Waals surface area contributed by atoms with Gasteiger partial charge in [-0.3, -0.25) is 0 Å². The van der Waals surface area contributed by atoms with Crippen molar-refractivity contribution in [3.63, 3.8) is 0 Å². The van der Waals surface area contributed by atoms with Crippen molar-refractivity contribution >= 4 is 0 Å². The molecule has 0 spiro atoms. The van der Waals surface area contributed by atoms with E-state index in [2.05, 4.69) is 33.0 Å². The molecule has 1 heterocycles. The summed E-state index contributed by atoms with van der Waals surface area (Å²) in [7, 11) is 0. The smallest absolute Gasteiger partial charge is 0.0221 e. The zero-order chi connectivity index (χ0) is 9.69. The first-order valence-corrected chi connectivity index (χ1v) is 5.78. The quantitative estimate of drug-likeness (QED) is 0.706. The van der Waals surface area contributed by atoms with Gasteiger partial charge in [-0.2, -0.15) is 0 Å². The van der Waals surface area contributed by atoms with Gasteiger partial charge >= 0.3 is 0 Å². The molecule has 0 bridgehead atoms. The van der Waals surface area contributed by atoms with Gasteiger partial charge in [-0.25, -0.2) is 0 Å². The Morgan fingerprint density at radius 3 is 2.31 bits per heavy atom. The van der Waals surface area contributed by atoms with Gasteiger partial charge in [0.25, 0.3) is 0 Å². The molecule has 1 saturated heterocycles. The molecule has 2 rings (SSSR count). The minimum atomic E-state index is 0.442. The van der Waals surface area contributed by atoms with Crippen molar-refractivity contribution < 1.29 is 0 Å². The van der Waals surface area contributed by atoms with E-state index >= 15 is 0 Å². The molecule has 2 fully saturated rings. The highest BCUT2D eigenvalue weighted by atomic mass is 15.1. The largest absolute Gasteiger partial charge is 0.310 e. The molecule has 1 nitrogen and oxygen atoms in total. The van der Waals surface area contributed by atoms with Gasteiger partial charge in [0.15, 0.2) is 0 Å². The van der Waals surface area contributed by atoms with Crippen LogP contribution in [-0.4, -0.2) is 12.1 Å². The van der Waals surface area contributed by atoms with E-state index in [1.807, 2.05) is 0 Å². The third kappa shape index (κ3) is 1.16. The maximum absolute atomic E-state index is 3.66. The van der Waals surface area contributed by atoms with Crippen molar-refractivity contribution in [2.45, 2.75) is 52.5 Å². The monoisotopic (exact) mass is 181 g/mol. The predicted octanol–water partition coefficient (Wildman–Crippen LogP) is 2.81. The summed E-state index contributed by atoms with van der Waals surface area (Å²) < 4.78 is 0. The highest BCUT2D eigenvalue weighted by molar-refractivity contribution is 5.16. The summed E-state index contributed by atoms with van der Waals surface area (Å²) in [6.45, 7) is 10.9. The molecule has 4 atom stereocenters. The maximum atomic E-state index is 3.66. The molecule has 2 aliphatic rings. The Labute approximate surface area is 82.3 Å². The molecule has 0 aromatic rings. The summed E-state index contributed by atoms with van der Waals surface area (Å²) >= 11 is 0.